The first kappa shape index (κ1) is 21.3. The van der Waals surface area contributed by atoms with E-state index in [4.69, 9.17) is 13.7 Å². The van der Waals surface area contributed by atoms with Crippen LogP contribution in [-0.2, 0) is 4.79 Å². The molecule has 8 nitrogen and oxygen atoms in total. The third-order valence-corrected chi connectivity index (χ3v) is 5.43. The average Bonchev–Trinajstić information content (AvgIpc) is 3.53. The van der Waals surface area contributed by atoms with Gasteiger partial charge in [0.2, 0.25) is 5.78 Å². The summed E-state index contributed by atoms with van der Waals surface area (Å²) in [5.41, 5.74) is 0.426. The molecular weight excluding hydrogens is 436 g/mol. The van der Waals surface area contributed by atoms with Crippen molar-refractivity contribution in [3.63, 3.8) is 0 Å². The van der Waals surface area contributed by atoms with Crippen LogP contribution in [0.3, 0.4) is 0 Å². The number of anilines is 1. The average molecular weight is 456 g/mol. The van der Waals surface area contributed by atoms with E-state index in [1.54, 1.807) is 50.2 Å². The van der Waals surface area contributed by atoms with Crippen LogP contribution in [0.1, 0.15) is 33.7 Å². The van der Waals surface area contributed by atoms with E-state index in [0.29, 0.717) is 28.6 Å². The second kappa shape index (κ2) is 8.40. The van der Waals surface area contributed by atoms with Crippen molar-refractivity contribution in [1.29, 1.82) is 0 Å². The Balaban J connectivity index is 1.61. The molecule has 0 spiro atoms. The number of nitrogens with zero attached hydrogens (tertiary/aromatic N) is 2. The summed E-state index contributed by atoms with van der Waals surface area (Å²) in [7, 11) is 0. The van der Waals surface area contributed by atoms with E-state index in [1.165, 1.54) is 11.0 Å². The Morgan fingerprint density at radius 1 is 0.971 bits per heavy atom. The van der Waals surface area contributed by atoms with Crippen molar-refractivity contribution < 1.29 is 28.4 Å². The lowest BCUT2D eigenvalue weighted by Gasteiger charge is -2.24. The van der Waals surface area contributed by atoms with E-state index in [1.807, 2.05) is 30.3 Å². The highest BCUT2D eigenvalue weighted by Gasteiger charge is 2.46. The zero-order chi connectivity index (χ0) is 23.8. The van der Waals surface area contributed by atoms with Gasteiger partial charge in [-0.05, 0) is 55.8 Å². The van der Waals surface area contributed by atoms with Gasteiger partial charge >= 0.3 is 0 Å². The fraction of sp³-hybridized carbons (Fsp3) is 0.115. The van der Waals surface area contributed by atoms with Gasteiger partial charge in [0.25, 0.3) is 5.91 Å². The fourth-order valence-electron chi connectivity index (χ4n) is 3.92. The number of carbonyl (C=O) groups is 2. The zero-order valence-electron chi connectivity index (χ0n) is 18.4. The lowest BCUT2D eigenvalue weighted by molar-refractivity contribution is -0.117. The smallest absolute Gasteiger partial charge is 0.295 e. The van der Waals surface area contributed by atoms with Gasteiger partial charge in [0.15, 0.2) is 17.3 Å². The lowest BCUT2D eigenvalue weighted by Crippen LogP contribution is -2.31. The van der Waals surface area contributed by atoms with Crippen molar-refractivity contribution in [2.75, 3.05) is 4.90 Å². The molecule has 0 fully saturated rings. The molecule has 8 heteroatoms. The Morgan fingerprint density at radius 3 is 2.41 bits per heavy atom. The number of carbonyl (C=O) groups excluding carboxylic acids is 2. The number of rotatable bonds is 6. The van der Waals surface area contributed by atoms with Gasteiger partial charge in [-0.1, -0.05) is 35.5 Å². The predicted octanol–water partition coefficient (Wildman–Crippen LogP) is 5.46. The monoisotopic (exact) mass is 456 g/mol. The van der Waals surface area contributed by atoms with Crippen molar-refractivity contribution in [2.24, 2.45) is 0 Å². The van der Waals surface area contributed by atoms with Crippen LogP contribution in [0, 0.1) is 13.8 Å². The quantitative estimate of drug-likeness (QED) is 0.384. The van der Waals surface area contributed by atoms with Crippen LogP contribution in [0.5, 0.6) is 11.5 Å². The normalized spacial score (nSPS) is 15.8. The van der Waals surface area contributed by atoms with Crippen LogP contribution >= 0.6 is 0 Å². The Hall–Kier alpha value is -4.59. The third kappa shape index (κ3) is 3.75. The molecule has 1 aliphatic heterocycles. The second-order valence-corrected chi connectivity index (χ2v) is 7.86. The number of amides is 1. The number of hydrogen-bond donors (Lipinski definition) is 1. The summed E-state index contributed by atoms with van der Waals surface area (Å²) in [4.78, 5) is 27.8. The van der Waals surface area contributed by atoms with Crippen molar-refractivity contribution in [1.82, 2.24) is 5.16 Å². The summed E-state index contributed by atoms with van der Waals surface area (Å²) in [6.45, 7) is 3.39. The van der Waals surface area contributed by atoms with Crippen LogP contribution < -0.4 is 9.64 Å². The highest BCUT2D eigenvalue weighted by Crippen LogP contribution is 2.42. The summed E-state index contributed by atoms with van der Waals surface area (Å²) in [6, 6.07) is 19.9. The van der Waals surface area contributed by atoms with Crippen molar-refractivity contribution >= 4 is 17.5 Å². The molecule has 170 valence electrons. The molecule has 1 atom stereocenters. The number of Topliss-reactive ketones (excluding diaryl/α,β-unsaturated/α-hetero) is 1. The molecule has 0 bridgehead atoms. The molecule has 0 aliphatic carbocycles. The molecule has 1 aliphatic rings. The Morgan fingerprint density at radius 2 is 1.74 bits per heavy atom. The molecular formula is C26H20N2O6. The summed E-state index contributed by atoms with van der Waals surface area (Å²) in [6.07, 6.45) is 0. The van der Waals surface area contributed by atoms with E-state index < -0.39 is 23.5 Å². The summed E-state index contributed by atoms with van der Waals surface area (Å²) >= 11 is 0. The van der Waals surface area contributed by atoms with Crippen LogP contribution in [0.2, 0.25) is 0 Å². The van der Waals surface area contributed by atoms with Gasteiger partial charge in [0.1, 0.15) is 23.0 Å². The van der Waals surface area contributed by atoms with Crippen LogP contribution in [0.4, 0.5) is 5.82 Å². The van der Waals surface area contributed by atoms with Gasteiger partial charge in [-0.15, -0.1) is 0 Å². The van der Waals surface area contributed by atoms with Crippen LogP contribution in [-0.4, -0.2) is 22.0 Å². The highest BCUT2D eigenvalue weighted by atomic mass is 16.5. The summed E-state index contributed by atoms with van der Waals surface area (Å²) in [5, 5.41) is 14.8. The van der Waals surface area contributed by atoms with Gasteiger partial charge in [0.05, 0.1) is 11.6 Å². The van der Waals surface area contributed by atoms with E-state index >= 15 is 0 Å². The van der Waals surface area contributed by atoms with Gasteiger partial charge in [-0.3, -0.25) is 14.5 Å². The Bertz CT molecular complexity index is 1420. The standard InChI is InChI=1S/C26H20N2O6/c1-15-11-12-20(32-15)24(29)22-23(28(26(31)25(22)30)21-13-16(2)34-27-21)17-7-6-10-19(14-17)33-18-8-4-3-5-9-18/h3-14,23,30H,1-2H3/t23-/m1/s1. The van der Waals surface area contributed by atoms with Gasteiger partial charge < -0.3 is 18.8 Å². The minimum Gasteiger partial charge on any atom is -0.503 e. The lowest BCUT2D eigenvalue weighted by atomic mass is 9.95. The maximum absolute atomic E-state index is 13.4. The fourth-order valence-corrected chi connectivity index (χ4v) is 3.92. The molecule has 1 N–H and O–H groups in total. The molecule has 0 saturated carbocycles. The molecule has 1 amide bonds. The zero-order valence-corrected chi connectivity index (χ0v) is 18.4. The van der Waals surface area contributed by atoms with E-state index in [0.717, 1.165) is 0 Å². The second-order valence-electron chi connectivity index (χ2n) is 7.86. The van der Waals surface area contributed by atoms with Crippen molar-refractivity contribution in [2.45, 2.75) is 19.9 Å². The minimum atomic E-state index is -0.978. The number of aliphatic hydroxyl groups is 1. The third-order valence-electron chi connectivity index (χ3n) is 5.43. The number of aliphatic hydroxyl groups excluding tert-OH is 1. The SMILES string of the molecule is Cc1cc(N2C(=O)C(O)=C(C(=O)c3ccc(C)o3)[C@H]2c2cccc(Oc3ccccc3)c2)no1. The van der Waals surface area contributed by atoms with Crippen LogP contribution in [0.15, 0.2) is 93.1 Å². The first-order valence-electron chi connectivity index (χ1n) is 10.6. The molecule has 3 heterocycles. The van der Waals surface area contributed by atoms with Crippen LogP contribution in [0.25, 0.3) is 0 Å². The summed E-state index contributed by atoms with van der Waals surface area (Å²) < 4.78 is 16.6. The molecule has 0 unspecified atom stereocenters. The molecule has 0 saturated heterocycles. The number of furan rings is 1. The number of ketones is 1. The first-order valence-corrected chi connectivity index (χ1v) is 10.6. The Labute approximate surface area is 194 Å². The minimum absolute atomic E-state index is 0.0201. The molecule has 0 radical (unpaired) electrons. The maximum atomic E-state index is 13.4. The molecule has 2 aromatic heterocycles. The summed E-state index contributed by atoms with van der Waals surface area (Å²) in [5.74, 6) is 0.305. The number of aromatic nitrogens is 1. The molecule has 2 aromatic carbocycles. The number of benzene rings is 2. The highest BCUT2D eigenvalue weighted by molar-refractivity contribution is 6.20. The Kier molecular flexibility index (Phi) is 5.25. The first-order chi connectivity index (χ1) is 16.4. The van der Waals surface area contributed by atoms with E-state index in [2.05, 4.69) is 5.16 Å². The molecule has 4 aromatic rings. The molecule has 34 heavy (non-hydrogen) atoms. The number of hydrogen-bond acceptors (Lipinski definition) is 7. The molecule has 5 rings (SSSR count). The van der Waals surface area contributed by atoms with Gasteiger partial charge in [-0.2, -0.15) is 0 Å². The number of ether oxygens (including phenoxy) is 1. The van der Waals surface area contributed by atoms with E-state index in [9.17, 15) is 14.7 Å². The number of aryl methyl sites for hydroxylation is 2. The van der Waals surface area contributed by atoms with Crippen molar-refractivity contribution in [3.8, 4) is 11.5 Å². The van der Waals surface area contributed by atoms with Gasteiger partial charge in [0, 0.05) is 6.07 Å². The maximum Gasteiger partial charge on any atom is 0.295 e. The number of para-hydroxylation sites is 1. The predicted molar refractivity (Wildman–Crippen MR) is 122 cm³/mol. The van der Waals surface area contributed by atoms with Crippen molar-refractivity contribution in [3.05, 3.63) is 107 Å². The topological polar surface area (TPSA) is 106 Å². The van der Waals surface area contributed by atoms with Gasteiger partial charge in [-0.25, -0.2) is 0 Å². The largest absolute Gasteiger partial charge is 0.503 e. The van der Waals surface area contributed by atoms with E-state index in [-0.39, 0.29) is 17.2 Å².